The Kier molecular flexibility index (Phi) is 21.7. The van der Waals surface area contributed by atoms with Crippen LogP contribution in [0.5, 0.6) is 0 Å². The summed E-state index contributed by atoms with van der Waals surface area (Å²) in [6.45, 7) is -0.141. The summed E-state index contributed by atoms with van der Waals surface area (Å²) in [4.78, 5) is 19.7. The lowest BCUT2D eigenvalue weighted by atomic mass is 10.0. The molecule has 294 valence electrons. The number of ether oxygens (including phenoxy) is 2. The first-order valence-corrected chi connectivity index (χ1v) is 20.4. The van der Waals surface area contributed by atoms with E-state index < -0.39 is 55.5 Å². The largest absolute Gasteiger partial charge is 0.388 e. The van der Waals surface area contributed by atoms with E-state index in [4.69, 9.17) is 17.8 Å². The van der Waals surface area contributed by atoms with E-state index in [0.29, 0.717) is 13.2 Å². The van der Waals surface area contributed by atoms with Gasteiger partial charge in [-0.15, -0.1) is 0 Å². The number of hydrogen-bond acceptors (Lipinski definition) is 14. The van der Waals surface area contributed by atoms with Crippen LogP contribution in [0, 0.1) is 20.2 Å². The van der Waals surface area contributed by atoms with E-state index in [1.807, 2.05) is 0 Å². The zero-order valence-electron chi connectivity index (χ0n) is 29.4. The molecule has 0 aromatic heterocycles. The first-order valence-electron chi connectivity index (χ1n) is 17.6. The van der Waals surface area contributed by atoms with E-state index in [0.717, 1.165) is 99.9 Å². The van der Waals surface area contributed by atoms with Gasteiger partial charge in [-0.25, -0.2) is 0 Å². The molecule has 2 N–H and O–H groups in total. The molecule has 18 heteroatoms. The second kappa shape index (κ2) is 25.0. The number of non-ortho nitro benzene ring substituents is 2. The second-order valence-corrected chi connectivity index (χ2v) is 15.6. The predicted octanol–water partition coefficient (Wildman–Crippen LogP) is 5.83. The second-order valence-electron chi connectivity index (χ2n) is 12.4. The Bertz CT molecular complexity index is 1410. The summed E-state index contributed by atoms with van der Waals surface area (Å²) in [6, 6.07) is 8.60. The molecule has 0 unspecified atom stereocenters. The lowest BCUT2D eigenvalue weighted by molar-refractivity contribution is -0.385. The van der Waals surface area contributed by atoms with Gasteiger partial charge in [0.15, 0.2) is 0 Å². The van der Waals surface area contributed by atoms with Crippen molar-refractivity contribution >= 4 is 31.6 Å². The first-order chi connectivity index (χ1) is 24.8. The highest BCUT2D eigenvalue weighted by Gasteiger charge is 2.20. The van der Waals surface area contributed by atoms with Crippen LogP contribution >= 0.6 is 0 Å². The van der Waals surface area contributed by atoms with Crippen LogP contribution in [0.15, 0.2) is 58.3 Å². The van der Waals surface area contributed by atoms with E-state index in [9.17, 15) is 47.3 Å². The normalized spacial score (nSPS) is 13.2. The van der Waals surface area contributed by atoms with Crippen LogP contribution in [0.25, 0.3) is 0 Å². The molecule has 0 aliphatic carbocycles. The van der Waals surface area contributed by atoms with E-state index in [2.05, 4.69) is 0 Å². The van der Waals surface area contributed by atoms with Gasteiger partial charge in [0.05, 0.1) is 46.1 Å². The molecule has 2 aromatic carbocycles. The zero-order valence-corrected chi connectivity index (χ0v) is 31.1. The number of unbranched alkanes of at least 4 members (excludes halogenated alkanes) is 13. The van der Waals surface area contributed by atoms with Crippen LogP contribution in [0.4, 0.5) is 11.4 Å². The van der Waals surface area contributed by atoms with Crippen LogP contribution in [0.2, 0.25) is 0 Å². The van der Waals surface area contributed by atoms with Crippen molar-refractivity contribution in [1.29, 1.82) is 0 Å². The third kappa shape index (κ3) is 19.1. The molecule has 0 fully saturated rings. The molecule has 0 aliphatic rings. The topological polar surface area (TPSA) is 232 Å². The van der Waals surface area contributed by atoms with Crippen LogP contribution in [0.1, 0.15) is 89.9 Å². The van der Waals surface area contributed by atoms with Crippen LogP contribution in [0.3, 0.4) is 0 Å². The Hall–Kier alpha value is -3.10. The van der Waals surface area contributed by atoms with Crippen molar-refractivity contribution in [3.8, 4) is 0 Å². The van der Waals surface area contributed by atoms with Crippen molar-refractivity contribution in [2.24, 2.45) is 0 Å². The van der Waals surface area contributed by atoms with E-state index >= 15 is 0 Å². The fraction of sp³-hybridized carbons (Fsp3) is 0.647. The molecule has 0 spiro atoms. The summed E-state index contributed by atoms with van der Waals surface area (Å²) >= 11 is 0. The Morgan fingerprint density at radius 1 is 0.481 bits per heavy atom. The summed E-state index contributed by atoms with van der Waals surface area (Å²) in [7, 11) is -8.29. The molecule has 0 saturated heterocycles. The minimum Gasteiger partial charge on any atom is -0.388 e. The van der Waals surface area contributed by atoms with Gasteiger partial charge in [0.1, 0.15) is 12.2 Å². The van der Waals surface area contributed by atoms with Gasteiger partial charge in [-0.2, -0.15) is 16.8 Å². The molecule has 2 rings (SSSR count). The average molecular weight is 777 g/mol. The summed E-state index contributed by atoms with van der Waals surface area (Å²) in [6.07, 6.45) is 13.2. The van der Waals surface area contributed by atoms with Gasteiger partial charge in [0, 0.05) is 37.5 Å². The van der Waals surface area contributed by atoms with Crippen LogP contribution in [-0.2, 0) is 38.1 Å². The fourth-order valence-electron chi connectivity index (χ4n) is 5.01. The molecule has 0 aliphatic heterocycles. The van der Waals surface area contributed by atoms with E-state index in [1.54, 1.807) is 0 Å². The first kappa shape index (κ1) is 45.1. The maximum atomic E-state index is 12.2. The van der Waals surface area contributed by atoms with Gasteiger partial charge in [-0.1, -0.05) is 77.0 Å². The van der Waals surface area contributed by atoms with Crippen molar-refractivity contribution in [2.75, 3.05) is 39.6 Å². The van der Waals surface area contributed by atoms with Gasteiger partial charge in [0.2, 0.25) is 0 Å². The quantitative estimate of drug-likeness (QED) is 0.0397. The molecule has 0 saturated carbocycles. The van der Waals surface area contributed by atoms with Crippen molar-refractivity contribution in [3.63, 3.8) is 0 Å². The predicted molar refractivity (Wildman–Crippen MR) is 191 cm³/mol. The molecule has 0 bridgehead atoms. The Morgan fingerprint density at radius 3 is 1.02 bits per heavy atom. The molecule has 0 radical (unpaired) electrons. The molecular weight excluding hydrogens is 725 g/mol. The maximum Gasteiger partial charge on any atom is 0.297 e. The van der Waals surface area contributed by atoms with Crippen molar-refractivity contribution in [2.45, 2.75) is 112 Å². The minimum absolute atomic E-state index is 0.0552. The van der Waals surface area contributed by atoms with Crippen molar-refractivity contribution in [1.82, 2.24) is 0 Å². The van der Waals surface area contributed by atoms with Gasteiger partial charge in [-0.3, -0.25) is 28.6 Å². The SMILES string of the molecule is O=[N+]([O-])c1ccc(S(=O)(=O)OC[C@H](O)COCCCCCCCCCCCCCCCCOC[C@@H](O)COS(=O)(=O)c2ccc([N+](=O)[O-])cc2)cc1. The van der Waals surface area contributed by atoms with Crippen LogP contribution < -0.4 is 0 Å². The number of hydrogen-bond donors (Lipinski definition) is 2. The zero-order chi connectivity index (χ0) is 38.2. The van der Waals surface area contributed by atoms with Crippen molar-refractivity contribution in [3.05, 3.63) is 68.8 Å². The molecular formula is C34H52N2O14S2. The number of aliphatic hydroxyl groups excluding tert-OH is 2. The highest BCUT2D eigenvalue weighted by atomic mass is 32.2. The van der Waals surface area contributed by atoms with Gasteiger partial charge in [0.25, 0.3) is 31.6 Å². The summed E-state index contributed by atoms with van der Waals surface area (Å²) in [5.74, 6) is 0. The summed E-state index contributed by atoms with van der Waals surface area (Å²) in [5.41, 5.74) is -0.475. The van der Waals surface area contributed by atoms with Crippen LogP contribution in [-0.4, -0.2) is 88.7 Å². The van der Waals surface area contributed by atoms with Gasteiger partial charge < -0.3 is 19.7 Å². The summed E-state index contributed by atoms with van der Waals surface area (Å²) < 4.78 is 69.2. The lowest BCUT2D eigenvalue weighted by Gasteiger charge is -2.12. The number of benzene rings is 2. The van der Waals surface area contributed by atoms with E-state index in [1.165, 1.54) is 38.5 Å². The number of rotatable bonds is 31. The van der Waals surface area contributed by atoms with E-state index in [-0.39, 0.29) is 34.4 Å². The Labute approximate surface area is 306 Å². The highest BCUT2D eigenvalue weighted by Crippen LogP contribution is 2.19. The average Bonchev–Trinajstić information content (AvgIpc) is 3.12. The third-order valence-corrected chi connectivity index (χ3v) is 10.5. The molecule has 2 aromatic rings. The molecule has 0 amide bonds. The van der Waals surface area contributed by atoms with Gasteiger partial charge in [-0.05, 0) is 37.1 Å². The molecule has 2 atom stereocenters. The highest BCUT2D eigenvalue weighted by molar-refractivity contribution is 7.87. The molecule has 16 nitrogen and oxygen atoms in total. The lowest BCUT2D eigenvalue weighted by Crippen LogP contribution is -2.24. The third-order valence-electron chi connectivity index (χ3n) is 7.95. The smallest absolute Gasteiger partial charge is 0.297 e. The minimum atomic E-state index is -4.15. The number of aliphatic hydroxyl groups is 2. The number of nitro groups is 2. The monoisotopic (exact) mass is 776 g/mol. The van der Waals surface area contributed by atoms with Gasteiger partial charge >= 0.3 is 0 Å². The molecule has 52 heavy (non-hydrogen) atoms. The summed E-state index contributed by atoms with van der Waals surface area (Å²) in [5, 5.41) is 41.3. The Balaban J connectivity index is 1.32. The standard InChI is InChI=1S/C34H52N2O14S2/c37-31(27-49-51(43,44)33-19-15-29(16-20-33)35(39)40)25-47-23-13-11-9-7-5-3-1-2-4-6-8-10-12-14-24-48-26-32(38)28-50-52(45,46)34-21-17-30(18-22-34)36(41)42/h15-22,31-32,37-38H,1-14,23-28H2/t31-,32-/m1/s1. The Morgan fingerprint density at radius 2 is 0.750 bits per heavy atom. The number of nitro benzene ring substituents is 2. The molecule has 0 heterocycles. The van der Waals surface area contributed by atoms with Crippen molar-refractivity contribution < 1.29 is 54.7 Å². The number of nitrogens with zero attached hydrogens (tertiary/aromatic N) is 2. The fourth-order valence-corrected chi connectivity index (χ4v) is 6.89. The maximum absolute atomic E-state index is 12.2.